The third kappa shape index (κ3) is 3.37. The molecule has 0 bridgehead atoms. The Morgan fingerprint density at radius 1 is 1.54 bits per heavy atom. The molecule has 0 radical (unpaired) electrons. The second kappa shape index (κ2) is 5.25. The van der Waals surface area contributed by atoms with E-state index in [1.54, 1.807) is 6.20 Å². The molecule has 0 aromatic carbocycles. The number of aromatic nitrogens is 1. The molecule has 0 aliphatic rings. The maximum Gasteiger partial charge on any atom is 0.129 e. The zero-order chi connectivity index (χ0) is 9.68. The second-order valence-corrected chi connectivity index (χ2v) is 3.51. The van der Waals surface area contributed by atoms with Crippen molar-refractivity contribution in [3.05, 3.63) is 34.6 Å². The molecule has 1 aromatic rings. The first kappa shape index (κ1) is 10.6. The van der Waals surface area contributed by atoms with Gasteiger partial charge in [-0.3, -0.25) is 0 Å². The fraction of sp³-hybridized carbons (Fsp3) is 0.300. The van der Waals surface area contributed by atoms with Crippen LogP contribution in [0.2, 0.25) is 5.15 Å². The smallest absolute Gasteiger partial charge is 0.129 e. The summed E-state index contributed by atoms with van der Waals surface area (Å²) < 4.78 is 0. The lowest BCUT2D eigenvalue weighted by atomic mass is 10.1. The predicted molar refractivity (Wildman–Crippen MR) is 58.4 cm³/mol. The van der Waals surface area contributed by atoms with Gasteiger partial charge in [0.25, 0.3) is 0 Å². The average molecular weight is 216 g/mol. The number of nitrogens with zero attached hydrogens (tertiary/aromatic N) is 1. The van der Waals surface area contributed by atoms with Gasteiger partial charge in [-0.2, -0.15) is 0 Å². The van der Waals surface area contributed by atoms with Gasteiger partial charge in [0.15, 0.2) is 0 Å². The van der Waals surface area contributed by atoms with Crippen molar-refractivity contribution in [2.24, 2.45) is 0 Å². The maximum atomic E-state index is 5.72. The van der Waals surface area contributed by atoms with Gasteiger partial charge in [0.05, 0.1) is 0 Å². The minimum atomic E-state index is 0.534. The molecule has 0 amide bonds. The summed E-state index contributed by atoms with van der Waals surface area (Å²) in [6.45, 7) is 2.01. The molecule has 13 heavy (non-hydrogen) atoms. The van der Waals surface area contributed by atoms with Crippen molar-refractivity contribution in [3.8, 4) is 0 Å². The molecular formula is C10H11Cl2N. The summed E-state index contributed by atoms with van der Waals surface area (Å²) in [5.41, 5.74) is 2.22. The lowest BCUT2D eigenvalue weighted by Gasteiger charge is -1.98. The van der Waals surface area contributed by atoms with Crippen LogP contribution >= 0.6 is 23.2 Å². The van der Waals surface area contributed by atoms with Crippen LogP contribution in [0.4, 0.5) is 0 Å². The fourth-order valence-electron chi connectivity index (χ4n) is 0.980. The fourth-order valence-corrected chi connectivity index (χ4v) is 1.32. The van der Waals surface area contributed by atoms with E-state index >= 15 is 0 Å². The SMILES string of the molecule is Cc1cc(Cl)ncc1C=CCCCl. The van der Waals surface area contributed by atoms with Crippen molar-refractivity contribution in [2.75, 3.05) is 5.88 Å². The molecule has 0 spiro atoms. The quantitative estimate of drug-likeness (QED) is 0.554. The Labute approximate surface area is 88.4 Å². The van der Waals surface area contributed by atoms with Gasteiger partial charge in [-0.1, -0.05) is 23.8 Å². The van der Waals surface area contributed by atoms with Crippen LogP contribution in [0.15, 0.2) is 18.3 Å². The molecule has 0 fully saturated rings. The number of hydrogen-bond acceptors (Lipinski definition) is 1. The first-order chi connectivity index (χ1) is 6.24. The summed E-state index contributed by atoms with van der Waals surface area (Å²) in [4.78, 5) is 4.00. The van der Waals surface area contributed by atoms with E-state index in [2.05, 4.69) is 4.98 Å². The van der Waals surface area contributed by atoms with Gasteiger partial charge in [0.2, 0.25) is 0 Å². The van der Waals surface area contributed by atoms with Crippen molar-refractivity contribution in [1.29, 1.82) is 0 Å². The normalized spacial score (nSPS) is 11.0. The molecule has 1 nitrogen and oxygen atoms in total. The van der Waals surface area contributed by atoms with Gasteiger partial charge in [-0.15, -0.1) is 11.6 Å². The van der Waals surface area contributed by atoms with Crippen LogP contribution in [-0.4, -0.2) is 10.9 Å². The molecule has 1 aromatic heterocycles. The van der Waals surface area contributed by atoms with Crippen LogP contribution in [0, 0.1) is 6.92 Å². The van der Waals surface area contributed by atoms with E-state index in [-0.39, 0.29) is 0 Å². The van der Waals surface area contributed by atoms with Gasteiger partial charge in [0.1, 0.15) is 5.15 Å². The monoisotopic (exact) mass is 215 g/mol. The van der Waals surface area contributed by atoms with Crippen LogP contribution in [0.1, 0.15) is 17.5 Å². The van der Waals surface area contributed by atoms with E-state index in [1.807, 2.05) is 25.1 Å². The topological polar surface area (TPSA) is 12.9 Å². The second-order valence-electron chi connectivity index (χ2n) is 2.74. The van der Waals surface area contributed by atoms with Crippen molar-refractivity contribution < 1.29 is 0 Å². The van der Waals surface area contributed by atoms with Gasteiger partial charge in [-0.05, 0) is 30.5 Å². The molecule has 0 N–H and O–H groups in total. The molecule has 0 saturated carbocycles. The number of halogens is 2. The molecule has 3 heteroatoms. The Bertz CT molecular complexity index is 308. The molecule has 0 unspecified atom stereocenters. The zero-order valence-corrected chi connectivity index (χ0v) is 8.94. The first-order valence-corrected chi connectivity index (χ1v) is 5.00. The van der Waals surface area contributed by atoms with Crippen molar-refractivity contribution in [2.45, 2.75) is 13.3 Å². The van der Waals surface area contributed by atoms with Gasteiger partial charge in [-0.25, -0.2) is 4.98 Å². The largest absolute Gasteiger partial charge is 0.244 e. The Hall–Kier alpha value is -0.530. The lowest BCUT2D eigenvalue weighted by molar-refractivity contribution is 1.23. The molecule has 70 valence electrons. The van der Waals surface area contributed by atoms with Crippen LogP contribution in [0.3, 0.4) is 0 Å². The highest BCUT2D eigenvalue weighted by atomic mass is 35.5. The standard InChI is InChI=1S/C10H11Cl2N/c1-8-6-10(12)13-7-9(8)4-2-3-5-11/h2,4,6-7H,3,5H2,1H3. The highest BCUT2D eigenvalue weighted by molar-refractivity contribution is 6.29. The Kier molecular flexibility index (Phi) is 4.26. The summed E-state index contributed by atoms with van der Waals surface area (Å²) in [5, 5.41) is 0.534. The average Bonchev–Trinajstić information content (AvgIpc) is 2.09. The third-order valence-corrected chi connectivity index (χ3v) is 2.12. The van der Waals surface area contributed by atoms with Crippen molar-refractivity contribution in [3.63, 3.8) is 0 Å². The minimum Gasteiger partial charge on any atom is -0.244 e. The number of hydrogen-bond donors (Lipinski definition) is 0. The Balaban J connectivity index is 2.77. The molecule has 1 rings (SSSR count). The van der Waals surface area contributed by atoms with Crippen molar-refractivity contribution in [1.82, 2.24) is 4.98 Å². The molecule has 0 aliphatic heterocycles. The summed E-state index contributed by atoms with van der Waals surface area (Å²) in [6, 6.07) is 1.85. The van der Waals surface area contributed by atoms with Gasteiger partial charge < -0.3 is 0 Å². The van der Waals surface area contributed by atoms with E-state index in [0.29, 0.717) is 11.0 Å². The summed E-state index contributed by atoms with van der Waals surface area (Å²) >= 11 is 11.3. The summed E-state index contributed by atoms with van der Waals surface area (Å²) in [5.74, 6) is 0.649. The predicted octanol–water partition coefficient (Wildman–Crippen LogP) is 3.69. The molecule has 0 atom stereocenters. The summed E-state index contributed by atoms with van der Waals surface area (Å²) in [7, 11) is 0. The minimum absolute atomic E-state index is 0.534. The number of allylic oxidation sites excluding steroid dienone is 1. The first-order valence-electron chi connectivity index (χ1n) is 4.08. The van der Waals surface area contributed by atoms with Crippen LogP contribution in [0.25, 0.3) is 6.08 Å². The number of pyridine rings is 1. The van der Waals surface area contributed by atoms with Crippen molar-refractivity contribution >= 4 is 29.3 Å². The Morgan fingerprint density at radius 3 is 2.92 bits per heavy atom. The number of rotatable bonds is 3. The molecule has 0 aliphatic carbocycles. The highest BCUT2D eigenvalue weighted by Gasteiger charge is 1.95. The van der Waals surface area contributed by atoms with Gasteiger partial charge in [0, 0.05) is 12.1 Å². The molecule has 0 saturated heterocycles. The Morgan fingerprint density at radius 2 is 2.31 bits per heavy atom. The van der Waals surface area contributed by atoms with E-state index in [1.165, 1.54) is 0 Å². The van der Waals surface area contributed by atoms with E-state index in [0.717, 1.165) is 17.5 Å². The zero-order valence-electron chi connectivity index (χ0n) is 7.43. The third-order valence-electron chi connectivity index (χ3n) is 1.69. The lowest BCUT2D eigenvalue weighted by Crippen LogP contribution is -1.83. The summed E-state index contributed by atoms with van der Waals surface area (Å²) in [6.07, 6.45) is 6.69. The number of aryl methyl sites for hydroxylation is 1. The van der Waals surface area contributed by atoms with Crippen LogP contribution in [0.5, 0.6) is 0 Å². The molecule has 1 heterocycles. The van der Waals surface area contributed by atoms with E-state index < -0.39 is 0 Å². The maximum absolute atomic E-state index is 5.72. The molecular weight excluding hydrogens is 205 g/mol. The number of alkyl halides is 1. The van der Waals surface area contributed by atoms with Gasteiger partial charge >= 0.3 is 0 Å². The van der Waals surface area contributed by atoms with Crippen LogP contribution in [-0.2, 0) is 0 Å². The van der Waals surface area contributed by atoms with E-state index in [4.69, 9.17) is 23.2 Å². The van der Waals surface area contributed by atoms with E-state index in [9.17, 15) is 0 Å². The highest BCUT2D eigenvalue weighted by Crippen LogP contribution is 2.13. The van der Waals surface area contributed by atoms with Crippen LogP contribution < -0.4 is 0 Å².